The van der Waals surface area contributed by atoms with E-state index in [1.54, 1.807) is 18.2 Å². The Hall–Kier alpha value is -2.04. The molecule has 1 aliphatic carbocycles. The maximum Gasteiger partial charge on any atom is 0.309 e. The topological polar surface area (TPSA) is 64.6 Å². The molecule has 5 nitrogen and oxygen atoms in total. The van der Waals surface area contributed by atoms with Crippen LogP contribution < -0.4 is 10.1 Å². The molecule has 0 unspecified atom stereocenters. The molecule has 1 aromatic carbocycles. The fraction of sp³-hybridized carbons (Fsp3) is 0.429. The van der Waals surface area contributed by atoms with Gasteiger partial charge in [0.15, 0.2) is 6.61 Å². The summed E-state index contributed by atoms with van der Waals surface area (Å²) in [6.07, 6.45) is 0.854. The Kier molecular flexibility index (Phi) is 4.04. The Labute approximate surface area is 111 Å². The van der Waals surface area contributed by atoms with E-state index in [1.807, 2.05) is 13.0 Å². The van der Waals surface area contributed by atoms with Crippen LogP contribution in [0.5, 0.6) is 5.75 Å². The van der Waals surface area contributed by atoms with Gasteiger partial charge in [-0.15, -0.1) is 0 Å². The molecule has 0 aliphatic heterocycles. The van der Waals surface area contributed by atoms with E-state index < -0.39 is 0 Å². The van der Waals surface area contributed by atoms with Crippen LogP contribution in [-0.2, 0) is 14.3 Å². The van der Waals surface area contributed by atoms with Gasteiger partial charge in [-0.2, -0.15) is 0 Å². The van der Waals surface area contributed by atoms with Gasteiger partial charge in [-0.1, -0.05) is 19.1 Å². The van der Waals surface area contributed by atoms with Crippen LogP contribution in [0, 0.1) is 11.8 Å². The zero-order valence-corrected chi connectivity index (χ0v) is 11.0. The minimum absolute atomic E-state index is 0.0286. The number of hydrogen-bond acceptors (Lipinski definition) is 4. The van der Waals surface area contributed by atoms with Crippen molar-refractivity contribution >= 4 is 17.6 Å². The third-order valence-electron chi connectivity index (χ3n) is 3.14. The highest BCUT2D eigenvalue weighted by Crippen LogP contribution is 2.38. The largest absolute Gasteiger partial charge is 0.495 e. The lowest BCUT2D eigenvalue weighted by Crippen LogP contribution is -2.22. The summed E-state index contributed by atoms with van der Waals surface area (Å²) < 4.78 is 10.1. The number of benzene rings is 1. The molecule has 0 spiro atoms. The average Bonchev–Trinajstić information content (AvgIpc) is 3.14. The van der Waals surface area contributed by atoms with Gasteiger partial charge in [0.05, 0.1) is 18.7 Å². The Bertz CT molecular complexity index is 486. The van der Waals surface area contributed by atoms with Crippen molar-refractivity contribution in [1.29, 1.82) is 0 Å². The molecule has 1 amide bonds. The standard InChI is InChI=1S/C14H17NO4/c1-9-7-10(9)14(17)19-8-13(16)15-11-5-3-4-6-12(11)18-2/h3-6,9-10H,7-8H2,1-2H3,(H,15,16)/t9-,10+/m0/s1. The lowest BCUT2D eigenvalue weighted by molar-refractivity contribution is -0.148. The Balaban J connectivity index is 1.82. The molecule has 19 heavy (non-hydrogen) atoms. The van der Waals surface area contributed by atoms with Crippen molar-refractivity contribution < 1.29 is 19.1 Å². The van der Waals surface area contributed by atoms with Crippen LogP contribution in [0.4, 0.5) is 5.69 Å². The lowest BCUT2D eigenvalue weighted by Gasteiger charge is -2.09. The van der Waals surface area contributed by atoms with Crippen LogP contribution >= 0.6 is 0 Å². The number of ether oxygens (including phenoxy) is 2. The second kappa shape index (κ2) is 5.73. The number of rotatable bonds is 5. The highest BCUT2D eigenvalue weighted by molar-refractivity contribution is 5.94. The Morgan fingerprint density at radius 2 is 2.05 bits per heavy atom. The van der Waals surface area contributed by atoms with Gasteiger partial charge in [0.1, 0.15) is 5.75 Å². The van der Waals surface area contributed by atoms with Crippen LogP contribution in [0.1, 0.15) is 13.3 Å². The predicted molar refractivity (Wildman–Crippen MR) is 69.9 cm³/mol. The van der Waals surface area contributed by atoms with E-state index in [2.05, 4.69) is 5.32 Å². The molecule has 0 bridgehead atoms. The van der Waals surface area contributed by atoms with Gasteiger partial charge in [0, 0.05) is 0 Å². The van der Waals surface area contributed by atoms with Gasteiger partial charge in [0.2, 0.25) is 0 Å². The third kappa shape index (κ3) is 3.47. The van der Waals surface area contributed by atoms with E-state index in [0.29, 0.717) is 17.4 Å². The zero-order valence-electron chi connectivity index (χ0n) is 11.0. The van der Waals surface area contributed by atoms with Gasteiger partial charge < -0.3 is 14.8 Å². The number of anilines is 1. The zero-order chi connectivity index (χ0) is 13.8. The SMILES string of the molecule is COc1ccccc1NC(=O)COC(=O)[C@@H]1C[C@@H]1C. The first-order valence-electron chi connectivity index (χ1n) is 6.21. The average molecular weight is 263 g/mol. The fourth-order valence-electron chi connectivity index (χ4n) is 1.83. The van der Waals surface area contributed by atoms with Crippen molar-refractivity contribution in [2.75, 3.05) is 19.0 Å². The maximum atomic E-state index is 11.7. The fourth-order valence-corrected chi connectivity index (χ4v) is 1.83. The highest BCUT2D eigenvalue weighted by atomic mass is 16.5. The summed E-state index contributed by atoms with van der Waals surface area (Å²) in [4.78, 5) is 23.1. The maximum absolute atomic E-state index is 11.7. The molecule has 1 aliphatic rings. The van der Waals surface area contributed by atoms with E-state index in [9.17, 15) is 9.59 Å². The Morgan fingerprint density at radius 3 is 2.68 bits per heavy atom. The number of amides is 1. The summed E-state index contributed by atoms with van der Waals surface area (Å²) in [7, 11) is 1.53. The van der Waals surface area contributed by atoms with Crippen LogP contribution in [0.15, 0.2) is 24.3 Å². The smallest absolute Gasteiger partial charge is 0.309 e. The van der Waals surface area contributed by atoms with Crippen molar-refractivity contribution in [1.82, 2.24) is 0 Å². The summed E-state index contributed by atoms with van der Waals surface area (Å²) in [5.74, 6) is 0.260. The molecule has 2 rings (SSSR count). The van der Waals surface area contributed by atoms with Gasteiger partial charge in [0.25, 0.3) is 5.91 Å². The monoisotopic (exact) mass is 263 g/mol. The molecule has 102 valence electrons. The molecule has 5 heteroatoms. The molecule has 0 heterocycles. The second-order valence-corrected chi connectivity index (χ2v) is 4.68. The number of methoxy groups -OCH3 is 1. The first-order valence-corrected chi connectivity index (χ1v) is 6.21. The minimum Gasteiger partial charge on any atom is -0.495 e. The second-order valence-electron chi connectivity index (χ2n) is 4.68. The third-order valence-corrected chi connectivity index (χ3v) is 3.14. The summed E-state index contributed by atoms with van der Waals surface area (Å²) in [5, 5.41) is 2.65. The molecule has 2 atom stereocenters. The summed E-state index contributed by atoms with van der Waals surface area (Å²) >= 11 is 0. The molecule has 1 saturated carbocycles. The molecular weight excluding hydrogens is 246 g/mol. The van der Waals surface area contributed by atoms with E-state index >= 15 is 0 Å². The van der Waals surface area contributed by atoms with E-state index in [-0.39, 0.29) is 24.4 Å². The molecule has 1 fully saturated rings. The van der Waals surface area contributed by atoms with Crippen molar-refractivity contribution in [2.24, 2.45) is 11.8 Å². The quantitative estimate of drug-likeness (QED) is 0.823. The van der Waals surface area contributed by atoms with Gasteiger partial charge in [-0.3, -0.25) is 9.59 Å². The first-order chi connectivity index (χ1) is 9.11. The van der Waals surface area contributed by atoms with Crippen molar-refractivity contribution in [3.63, 3.8) is 0 Å². The van der Waals surface area contributed by atoms with Gasteiger partial charge in [-0.25, -0.2) is 0 Å². The summed E-state index contributed by atoms with van der Waals surface area (Å²) in [5.41, 5.74) is 0.561. The first kappa shape index (κ1) is 13.4. The van der Waals surface area contributed by atoms with E-state index in [4.69, 9.17) is 9.47 Å². The van der Waals surface area contributed by atoms with Crippen LogP contribution in [0.2, 0.25) is 0 Å². The van der Waals surface area contributed by atoms with Gasteiger partial charge >= 0.3 is 5.97 Å². The highest BCUT2D eigenvalue weighted by Gasteiger charge is 2.40. The molecule has 0 radical (unpaired) electrons. The number of hydrogen-bond donors (Lipinski definition) is 1. The number of esters is 1. The van der Waals surface area contributed by atoms with Crippen molar-refractivity contribution in [3.05, 3.63) is 24.3 Å². The molecular formula is C14H17NO4. The molecule has 1 N–H and O–H groups in total. The lowest BCUT2D eigenvalue weighted by atomic mass is 10.3. The van der Waals surface area contributed by atoms with Crippen LogP contribution in [-0.4, -0.2) is 25.6 Å². The number of carbonyl (C=O) groups excluding carboxylic acids is 2. The predicted octanol–water partition coefficient (Wildman–Crippen LogP) is 1.83. The normalized spacial score (nSPS) is 20.5. The molecule has 1 aromatic rings. The molecule has 0 aromatic heterocycles. The van der Waals surface area contributed by atoms with Crippen molar-refractivity contribution in [2.45, 2.75) is 13.3 Å². The van der Waals surface area contributed by atoms with E-state index in [1.165, 1.54) is 7.11 Å². The summed E-state index contributed by atoms with van der Waals surface area (Å²) in [6.45, 7) is 1.72. The van der Waals surface area contributed by atoms with Crippen LogP contribution in [0.25, 0.3) is 0 Å². The van der Waals surface area contributed by atoms with Gasteiger partial charge in [-0.05, 0) is 24.5 Å². The molecule has 0 saturated heterocycles. The van der Waals surface area contributed by atoms with E-state index in [0.717, 1.165) is 6.42 Å². The number of nitrogens with one attached hydrogen (secondary N) is 1. The van der Waals surface area contributed by atoms with Crippen molar-refractivity contribution in [3.8, 4) is 5.75 Å². The van der Waals surface area contributed by atoms with Crippen LogP contribution in [0.3, 0.4) is 0 Å². The number of carbonyl (C=O) groups is 2. The Morgan fingerprint density at radius 1 is 1.37 bits per heavy atom. The number of para-hydroxylation sites is 2. The summed E-state index contributed by atoms with van der Waals surface area (Å²) in [6, 6.07) is 7.06. The minimum atomic E-state index is -0.369.